The van der Waals surface area contributed by atoms with E-state index in [-0.39, 0.29) is 23.8 Å². The van der Waals surface area contributed by atoms with E-state index >= 15 is 0 Å². The molecule has 0 saturated carbocycles. The Morgan fingerprint density at radius 3 is 2.55 bits per heavy atom. The van der Waals surface area contributed by atoms with Gasteiger partial charge in [0.1, 0.15) is 5.75 Å². The quantitative estimate of drug-likeness (QED) is 0.370. The van der Waals surface area contributed by atoms with Crippen LogP contribution in [0, 0.1) is 0 Å². The van der Waals surface area contributed by atoms with Gasteiger partial charge in [0.25, 0.3) is 11.1 Å². The average Bonchev–Trinajstić information content (AvgIpc) is 2.99. The van der Waals surface area contributed by atoms with Gasteiger partial charge in [0.2, 0.25) is 0 Å². The van der Waals surface area contributed by atoms with Gasteiger partial charge in [-0.2, -0.15) is 0 Å². The molecule has 1 heterocycles. The van der Waals surface area contributed by atoms with Gasteiger partial charge in [-0.3, -0.25) is 14.5 Å². The molecule has 1 aliphatic rings. The highest BCUT2D eigenvalue weighted by atomic mass is 35.5. The summed E-state index contributed by atoms with van der Waals surface area (Å²) in [6, 6.07) is 16.8. The van der Waals surface area contributed by atoms with E-state index in [1.165, 1.54) is 4.90 Å². The second kappa shape index (κ2) is 8.95. The van der Waals surface area contributed by atoms with Crippen LogP contribution in [0.5, 0.6) is 5.75 Å². The molecule has 2 amide bonds. The fourth-order valence-electron chi connectivity index (χ4n) is 3.37. The van der Waals surface area contributed by atoms with Crippen LogP contribution in [-0.4, -0.2) is 22.2 Å². The van der Waals surface area contributed by atoms with Gasteiger partial charge < -0.3 is 4.74 Å². The van der Waals surface area contributed by atoms with E-state index in [1.54, 1.807) is 24.3 Å². The first-order chi connectivity index (χ1) is 14.8. The van der Waals surface area contributed by atoms with Gasteiger partial charge in [-0.1, -0.05) is 59.6 Å². The highest BCUT2D eigenvalue weighted by Gasteiger charge is 2.35. The van der Waals surface area contributed by atoms with E-state index in [0.717, 1.165) is 33.7 Å². The lowest BCUT2D eigenvalue weighted by molar-refractivity contribution is -0.123. The van der Waals surface area contributed by atoms with Crippen molar-refractivity contribution in [2.24, 2.45) is 0 Å². The van der Waals surface area contributed by atoms with Gasteiger partial charge in [0.05, 0.1) is 27.6 Å². The lowest BCUT2D eigenvalue weighted by Gasteiger charge is -2.15. The number of imide groups is 1. The molecule has 3 aromatic rings. The van der Waals surface area contributed by atoms with Crippen LogP contribution < -0.4 is 4.74 Å². The largest absolute Gasteiger partial charge is 0.490 e. The van der Waals surface area contributed by atoms with Crippen LogP contribution in [0.2, 0.25) is 10.0 Å². The number of amides is 2. The summed E-state index contributed by atoms with van der Waals surface area (Å²) in [5.74, 6) is 0.328. The summed E-state index contributed by atoms with van der Waals surface area (Å²) >= 11 is 13.0. The molecule has 1 saturated heterocycles. The third kappa shape index (κ3) is 4.59. The molecular formula is C24H19Cl2NO3S. The zero-order valence-corrected chi connectivity index (χ0v) is 19.2. The minimum Gasteiger partial charge on any atom is -0.490 e. The molecule has 0 aromatic heterocycles. The smallest absolute Gasteiger partial charge is 0.293 e. The van der Waals surface area contributed by atoms with Gasteiger partial charge >= 0.3 is 0 Å². The van der Waals surface area contributed by atoms with Crippen molar-refractivity contribution < 1.29 is 14.3 Å². The second-order valence-electron chi connectivity index (χ2n) is 7.38. The van der Waals surface area contributed by atoms with Gasteiger partial charge in [-0.25, -0.2) is 0 Å². The Bertz CT molecular complexity index is 1220. The topological polar surface area (TPSA) is 46.6 Å². The van der Waals surface area contributed by atoms with Crippen LogP contribution >= 0.6 is 35.0 Å². The third-order valence-electron chi connectivity index (χ3n) is 4.77. The Kier molecular flexibility index (Phi) is 6.28. The Labute approximate surface area is 194 Å². The molecule has 1 fully saturated rings. The number of carbonyl (C=O) groups is 2. The Hall–Kier alpha value is -2.47. The maximum Gasteiger partial charge on any atom is 0.293 e. The van der Waals surface area contributed by atoms with Crippen LogP contribution in [0.3, 0.4) is 0 Å². The van der Waals surface area contributed by atoms with E-state index in [1.807, 2.05) is 50.2 Å². The maximum absolute atomic E-state index is 13.1. The van der Waals surface area contributed by atoms with Gasteiger partial charge in [0, 0.05) is 5.56 Å². The molecule has 0 spiro atoms. The van der Waals surface area contributed by atoms with Crippen molar-refractivity contribution in [1.82, 2.24) is 4.90 Å². The molecule has 0 bridgehead atoms. The molecule has 31 heavy (non-hydrogen) atoms. The van der Waals surface area contributed by atoms with Crippen molar-refractivity contribution in [3.63, 3.8) is 0 Å². The van der Waals surface area contributed by atoms with Gasteiger partial charge in [-0.05, 0) is 66.2 Å². The molecule has 0 N–H and O–H groups in total. The van der Waals surface area contributed by atoms with Crippen LogP contribution in [0.4, 0.5) is 4.79 Å². The minimum atomic E-state index is -0.343. The molecule has 0 atom stereocenters. The highest BCUT2D eigenvalue weighted by Crippen LogP contribution is 2.38. The monoisotopic (exact) mass is 471 g/mol. The summed E-state index contributed by atoms with van der Waals surface area (Å²) < 4.78 is 5.98. The molecule has 0 unspecified atom stereocenters. The Morgan fingerprint density at radius 1 is 1.03 bits per heavy atom. The lowest BCUT2D eigenvalue weighted by atomic mass is 10.0. The average molecular weight is 472 g/mol. The van der Waals surface area contributed by atoms with Crippen LogP contribution in [-0.2, 0) is 11.3 Å². The molecule has 0 radical (unpaired) electrons. The van der Waals surface area contributed by atoms with E-state index < -0.39 is 0 Å². The van der Waals surface area contributed by atoms with E-state index in [2.05, 4.69) is 0 Å². The molecule has 0 aliphatic carbocycles. The van der Waals surface area contributed by atoms with Crippen molar-refractivity contribution >= 4 is 63.0 Å². The summed E-state index contributed by atoms with van der Waals surface area (Å²) in [5, 5.41) is 2.46. The number of benzene rings is 3. The number of nitrogens with zero attached hydrogens (tertiary/aromatic N) is 1. The van der Waals surface area contributed by atoms with Crippen molar-refractivity contribution in [1.29, 1.82) is 0 Å². The SMILES string of the molecule is CC(C)Oc1ccc2ccccc2c1/C=C1\SC(=O)N(Cc2ccc(Cl)c(Cl)c2)C1=O. The first kappa shape index (κ1) is 21.8. The normalized spacial score (nSPS) is 15.5. The minimum absolute atomic E-state index is 0.0296. The van der Waals surface area contributed by atoms with Crippen LogP contribution in [0.25, 0.3) is 16.8 Å². The lowest BCUT2D eigenvalue weighted by Crippen LogP contribution is -2.27. The van der Waals surface area contributed by atoms with E-state index in [0.29, 0.717) is 20.7 Å². The first-order valence-corrected chi connectivity index (χ1v) is 11.3. The molecule has 4 rings (SSSR count). The molecule has 4 nitrogen and oxygen atoms in total. The Morgan fingerprint density at radius 2 is 1.81 bits per heavy atom. The number of rotatable bonds is 5. The van der Waals surface area contributed by atoms with Crippen LogP contribution in [0.1, 0.15) is 25.0 Å². The summed E-state index contributed by atoms with van der Waals surface area (Å²) in [7, 11) is 0. The number of fused-ring (bicyclic) bond motifs is 1. The maximum atomic E-state index is 13.1. The predicted octanol–water partition coefficient (Wildman–Crippen LogP) is 7.17. The number of thioether (sulfide) groups is 1. The molecule has 3 aromatic carbocycles. The van der Waals surface area contributed by atoms with E-state index in [4.69, 9.17) is 27.9 Å². The zero-order valence-electron chi connectivity index (χ0n) is 16.9. The van der Waals surface area contributed by atoms with Crippen molar-refractivity contribution in [3.8, 4) is 5.75 Å². The summed E-state index contributed by atoms with van der Waals surface area (Å²) in [4.78, 5) is 27.2. The van der Waals surface area contributed by atoms with Gasteiger partial charge in [0.15, 0.2) is 0 Å². The predicted molar refractivity (Wildman–Crippen MR) is 128 cm³/mol. The standard InChI is InChI=1S/C24H19Cl2NO3S/c1-14(2)30-21-10-8-16-5-3-4-6-17(16)18(21)12-22-23(28)27(24(29)31-22)13-15-7-9-19(25)20(26)11-15/h3-12,14H,13H2,1-2H3/b22-12-. The van der Waals surface area contributed by atoms with Crippen LogP contribution in [0.15, 0.2) is 59.5 Å². The van der Waals surface area contributed by atoms with Gasteiger partial charge in [-0.15, -0.1) is 0 Å². The fourth-order valence-corrected chi connectivity index (χ4v) is 4.51. The number of hydrogen-bond acceptors (Lipinski definition) is 4. The highest BCUT2D eigenvalue weighted by molar-refractivity contribution is 8.18. The molecule has 1 aliphatic heterocycles. The summed E-state index contributed by atoms with van der Waals surface area (Å²) in [6.07, 6.45) is 1.72. The molecule has 7 heteroatoms. The Balaban J connectivity index is 1.71. The summed E-state index contributed by atoms with van der Waals surface area (Å²) in [6.45, 7) is 4.03. The molecular weight excluding hydrogens is 453 g/mol. The first-order valence-electron chi connectivity index (χ1n) is 9.71. The third-order valence-corrected chi connectivity index (χ3v) is 6.41. The van der Waals surface area contributed by atoms with Crippen molar-refractivity contribution in [2.75, 3.05) is 0 Å². The summed E-state index contributed by atoms with van der Waals surface area (Å²) in [5.41, 5.74) is 1.51. The second-order valence-corrected chi connectivity index (χ2v) is 9.19. The fraction of sp³-hybridized carbons (Fsp3) is 0.167. The van der Waals surface area contributed by atoms with E-state index in [9.17, 15) is 9.59 Å². The zero-order chi connectivity index (χ0) is 22.1. The van der Waals surface area contributed by atoms with Crippen molar-refractivity contribution in [2.45, 2.75) is 26.5 Å². The van der Waals surface area contributed by atoms with Crippen molar-refractivity contribution in [3.05, 3.63) is 80.7 Å². The molecule has 158 valence electrons. The number of halogens is 2. The number of ether oxygens (including phenoxy) is 1. The number of carbonyl (C=O) groups excluding carboxylic acids is 2. The number of hydrogen-bond donors (Lipinski definition) is 0.